The van der Waals surface area contributed by atoms with Crippen LogP contribution >= 0.6 is 11.8 Å². The van der Waals surface area contributed by atoms with Crippen molar-refractivity contribution < 1.29 is 19.1 Å². The van der Waals surface area contributed by atoms with Gasteiger partial charge in [0.15, 0.2) is 10.9 Å². The minimum absolute atomic E-state index is 0.0739. The number of piperazine rings is 1. The summed E-state index contributed by atoms with van der Waals surface area (Å²) >= 11 is 1.29. The maximum Gasteiger partial charge on any atom is 0.410 e. The van der Waals surface area contributed by atoms with E-state index in [1.807, 2.05) is 43.2 Å². The summed E-state index contributed by atoms with van der Waals surface area (Å²) in [5.41, 5.74) is 5.83. The Kier molecular flexibility index (Phi) is 9.75. The van der Waals surface area contributed by atoms with Crippen molar-refractivity contribution in [1.82, 2.24) is 14.9 Å². The van der Waals surface area contributed by atoms with E-state index >= 15 is 0 Å². The molecule has 1 aromatic heterocycles. The Morgan fingerprint density at radius 2 is 2.03 bits per heavy atom. The van der Waals surface area contributed by atoms with Gasteiger partial charge >= 0.3 is 12.1 Å². The number of nitriles is 1. The van der Waals surface area contributed by atoms with E-state index < -0.39 is 23.7 Å². The van der Waals surface area contributed by atoms with E-state index in [2.05, 4.69) is 21.6 Å². The molecule has 1 aliphatic rings. The molecule has 0 radical (unpaired) electrons. The van der Waals surface area contributed by atoms with Crippen molar-refractivity contribution in [3.8, 4) is 6.07 Å². The normalized spacial score (nSPS) is 15.7. The first-order valence-electron chi connectivity index (χ1n) is 12.5. The van der Waals surface area contributed by atoms with E-state index in [-0.39, 0.29) is 12.1 Å². The lowest BCUT2D eigenvalue weighted by Crippen LogP contribution is -2.56. The van der Waals surface area contributed by atoms with Gasteiger partial charge in [-0.1, -0.05) is 23.9 Å². The number of carbonyl (C=O) groups excluding carboxylic acids is 2. The van der Waals surface area contributed by atoms with E-state index in [4.69, 9.17) is 14.5 Å². The molecule has 2 aromatic rings. The summed E-state index contributed by atoms with van der Waals surface area (Å²) in [4.78, 5) is 38.3. The van der Waals surface area contributed by atoms with Crippen LogP contribution in [0.3, 0.4) is 0 Å². The van der Waals surface area contributed by atoms with Crippen LogP contribution in [0.15, 0.2) is 28.5 Å². The third-order valence-corrected chi connectivity index (χ3v) is 6.73. The Bertz CT molecular complexity index is 1290. The van der Waals surface area contributed by atoms with Gasteiger partial charge in [-0.05, 0) is 58.1 Å². The Balaban J connectivity index is 2.01. The fraction of sp³-hybridized carbons (Fsp3) is 0.481. The summed E-state index contributed by atoms with van der Waals surface area (Å²) in [6, 6.07) is 7.59. The number of ether oxygens (including phenoxy) is 2. The number of aryl methyl sites for hydroxylation is 1. The number of nitrogens with one attached hydrogen (secondary N) is 1. The molecule has 208 valence electrons. The van der Waals surface area contributed by atoms with E-state index in [1.165, 1.54) is 25.1 Å². The molecule has 0 spiro atoms. The zero-order valence-electron chi connectivity index (χ0n) is 23.4. The van der Waals surface area contributed by atoms with E-state index in [0.717, 1.165) is 16.8 Å². The van der Waals surface area contributed by atoms with Crippen molar-refractivity contribution in [2.24, 2.45) is 5.10 Å². The second-order valence-corrected chi connectivity index (χ2v) is 10.8. The number of carbonyl (C=O) groups is 2. The summed E-state index contributed by atoms with van der Waals surface area (Å²) in [6.07, 6.45) is 2.96. The van der Waals surface area contributed by atoms with Gasteiger partial charge in [0, 0.05) is 19.6 Å². The smallest absolute Gasteiger partial charge is 0.410 e. The highest BCUT2D eigenvalue weighted by molar-refractivity contribution is 7.98. The zero-order valence-corrected chi connectivity index (χ0v) is 24.3. The molecule has 2 heterocycles. The van der Waals surface area contributed by atoms with E-state index in [9.17, 15) is 14.9 Å². The second kappa shape index (κ2) is 12.8. The number of methoxy groups -OCH3 is 1. The number of esters is 1. The summed E-state index contributed by atoms with van der Waals surface area (Å²) < 4.78 is 10.6. The highest BCUT2D eigenvalue weighted by Crippen LogP contribution is 2.28. The number of amides is 1. The molecule has 1 aromatic carbocycles. The summed E-state index contributed by atoms with van der Waals surface area (Å²) in [5.74, 6) is -0.156. The van der Waals surface area contributed by atoms with Crippen molar-refractivity contribution in [2.75, 3.05) is 43.3 Å². The first-order valence-corrected chi connectivity index (χ1v) is 13.7. The molecular weight excluding hydrogens is 518 g/mol. The summed E-state index contributed by atoms with van der Waals surface area (Å²) in [7, 11) is 1.29. The van der Waals surface area contributed by atoms with E-state index in [0.29, 0.717) is 36.2 Å². The van der Waals surface area contributed by atoms with Crippen LogP contribution in [0.5, 0.6) is 0 Å². The molecule has 0 aliphatic carbocycles. The predicted molar refractivity (Wildman–Crippen MR) is 151 cm³/mol. The van der Waals surface area contributed by atoms with Gasteiger partial charge in [0.05, 0.1) is 43.1 Å². The van der Waals surface area contributed by atoms with Crippen LogP contribution in [-0.2, 0) is 9.47 Å². The Hall–Kier alpha value is -3.85. The van der Waals surface area contributed by atoms with Crippen LogP contribution in [-0.4, -0.2) is 77.8 Å². The number of nitrogens with zero attached hydrogens (tertiary/aromatic N) is 6. The first kappa shape index (κ1) is 29.7. The minimum atomic E-state index is -0.660. The molecule has 1 saturated heterocycles. The predicted octanol–water partition coefficient (Wildman–Crippen LogP) is 4.39. The molecule has 11 nitrogen and oxygen atoms in total. The number of thioether (sulfide) groups is 1. The molecule has 39 heavy (non-hydrogen) atoms. The third kappa shape index (κ3) is 7.38. The van der Waals surface area contributed by atoms with Crippen LogP contribution < -0.4 is 10.3 Å². The molecule has 1 fully saturated rings. The molecule has 1 unspecified atom stereocenters. The fourth-order valence-electron chi connectivity index (χ4n) is 4.07. The highest BCUT2D eigenvalue weighted by Gasteiger charge is 2.35. The third-order valence-electron chi connectivity index (χ3n) is 6.19. The second-order valence-electron chi connectivity index (χ2n) is 10.0. The van der Waals surface area contributed by atoms with Crippen LogP contribution in [0.2, 0.25) is 0 Å². The average molecular weight is 554 g/mol. The number of aromatic nitrogens is 2. The monoisotopic (exact) mass is 553 g/mol. The highest BCUT2D eigenvalue weighted by atomic mass is 32.2. The minimum Gasteiger partial charge on any atom is -0.464 e. The summed E-state index contributed by atoms with van der Waals surface area (Å²) in [6.45, 7) is 10.4. The van der Waals surface area contributed by atoms with Crippen LogP contribution in [0.4, 0.5) is 16.3 Å². The van der Waals surface area contributed by atoms with Gasteiger partial charge in [0.25, 0.3) is 0 Å². The molecule has 0 bridgehead atoms. The van der Waals surface area contributed by atoms with E-state index in [1.54, 1.807) is 25.7 Å². The molecule has 1 amide bonds. The Labute approximate surface area is 233 Å². The number of hydrazone groups is 1. The number of hydrogen-bond donors (Lipinski definition) is 1. The van der Waals surface area contributed by atoms with Crippen LogP contribution in [0.1, 0.15) is 54.4 Å². The SMILES string of the molecule is COC(=O)c1nc(SC)nc(N2CCN(C(=O)OC(C)(C)C)C(CC#N)C2)c1/C=N/Nc1cccc(C)c1C. The van der Waals surface area contributed by atoms with Crippen molar-refractivity contribution in [3.05, 3.63) is 40.6 Å². The molecule has 0 saturated carbocycles. The van der Waals surface area contributed by atoms with Crippen molar-refractivity contribution in [1.29, 1.82) is 5.26 Å². The molecule has 3 rings (SSSR count). The largest absolute Gasteiger partial charge is 0.464 e. The van der Waals surface area contributed by atoms with Crippen molar-refractivity contribution in [3.63, 3.8) is 0 Å². The summed E-state index contributed by atoms with van der Waals surface area (Å²) in [5, 5.41) is 14.3. The van der Waals surface area contributed by atoms with Gasteiger partial charge in [0.2, 0.25) is 0 Å². The standard InChI is InChI=1S/C27H35N7O4S/c1-17-9-8-10-21(18(17)2)32-29-15-20-22(24(35)37-6)30-25(39-7)31-23(20)33-13-14-34(19(16-33)11-12-28)26(36)38-27(3,4)5/h8-10,15,19,32H,11,13-14,16H2,1-7H3/b29-15+. The maximum absolute atomic E-state index is 12.9. The van der Waals surface area contributed by atoms with Crippen molar-refractivity contribution >= 4 is 41.5 Å². The lowest BCUT2D eigenvalue weighted by Gasteiger charge is -2.41. The molecule has 12 heteroatoms. The topological polar surface area (TPSA) is 133 Å². The van der Waals surface area contributed by atoms with Gasteiger partial charge in [0.1, 0.15) is 11.4 Å². The van der Waals surface area contributed by atoms with Crippen LogP contribution in [0, 0.1) is 25.2 Å². The van der Waals surface area contributed by atoms with Gasteiger partial charge in [-0.25, -0.2) is 19.6 Å². The number of rotatable bonds is 7. The molecule has 1 aliphatic heterocycles. The molecule has 1 N–H and O–H groups in total. The van der Waals surface area contributed by atoms with Crippen molar-refractivity contribution in [2.45, 2.75) is 57.8 Å². The lowest BCUT2D eigenvalue weighted by atomic mass is 10.1. The van der Waals surface area contributed by atoms with Gasteiger partial charge < -0.3 is 19.3 Å². The molecular formula is C27H35N7O4S. The maximum atomic E-state index is 12.9. The average Bonchev–Trinajstić information content (AvgIpc) is 2.89. The van der Waals surface area contributed by atoms with Crippen LogP contribution in [0.25, 0.3) is 0 Å². The number of hydrogen-bond acceptors (Lipinski definition) is 11. The lowest BCUT2D eigenvalue weighted by molar-refractivity contribution is 0.0144. The van der Waals surface area contributed by atoms with Gasteiger partial charge in [-0.2, -0.15) is 10.4 Å². The quantitative estimate of drug-likeness (QED) is 0.173. The Morgan fingerprint density at radius 1 is 1.28 bits per heavy atom. The Morgan fingerprint density at radius 3 is 2.67 bits per heavy atom. The van der Waals surface area contributed by atoms with Gasteiger partial charge in [-0.15, -0.1) is 0 Å². The first-order chi connectivity index (χ1) is 18.5. The molecule has 1 atom stereocenters. The van der Waals surface area contributed by atoms with Gasteiger partial charge in [-0.3, -0.25) is 5.43 Å². The zero-order chi connectivity index (χ0) is 28.7. The fourth-order valence-corrected chi connectivity index (χ4v) is 4.43. The number of anilines is 2. The number of benzene rings is 1.